The molecule has 1 aromatic carbocycles. The van der Waals surface area contributed by atoms with Crippen LogP contribution in [0.3, 0.4) is 0 Å². The molecule has 156 valence electrons. The van der Waals surface area contributed by atoms with E-state index in [1.807, 2.05) is 35.2 Å². The molecule has 3 fully saturated rings. The van der Waals surface area contributed by atoms with Gasteiger partial charge in [0, 0.05) is 37.8 Å². The molecule has 0 radical (unpaired) electrons. The molecule has 7 heteroatoms. The van der Waals surface area contributed by atoms with Gasteiger partial charge in [-0.05, 0) is 50.8 Å². The van der Waals surface area contributed by atoms with Crippen LogP contribution in [0.15, 0.2) is 30.3 Å². The minimum absolute atomic E-state index is 0.0148. The van der Waals surface area contributed by atoms with Gasteiger partial charge in [-0.25, -0.2) is 4.79 Å². The molecule has 0 atom stereocenters. The maximum atomic E-state index is 13.2. The summed E-state index contributed by atoms with van der Waals surface area (Å²) >= 11 is 0. The van der Waals surface area contributed by atoms with Crippen molar-refractivity contribution in [2.75, 3.05) is 32.7 Å². The number of imide groups is 1. The first-order valence-electron chi connectivity index (χ1n) is 10.8. The van der Waals surface area contributed by atoms with Crippen molar-refractivity contribution in [1.82, 2.24) is 20.0 Å². The Hall–Kier alpha value is -2.41. The van der Waals surface area contributed by atoms with Crippen LogP contribution in [0.2, 0.25) is 0 Å². The van der Waals surface area contributed by atoms with E-state index in [9.17, 15) is 14.4 Å². The molecule has 1 N–H and O–H groups in total. The number of amides is 4. The molecule has 1 aromatic rings. The van der Waals surface area contributed by atoms with Crippen molar-refractivity contribution >= 4 is 17.8 Å². The van der Waals surface area contributed by atoms with Crippen molar-refractivity contribution in [1.29, 1.82) is 0 Å². The lowest BCUT2D eigenvalue weighted by molar-refractivity contribution is -0.135. The Morgan fingerprint density at radius 3 is 2.34 bits per heavy atom. The van der Waals surface area contributed by atoms with Gasteiger partial charge in [-0.3, -0.25) is 14.5 Å². The zero-order chi connectivity index (χ0) is 20.4. The first-order chi connectivity index (χ1) is 14.0. The number of urea groups is 1. The van der Waals surface area contributed by atoms with Gasteiger partial charge in [0.2, 0.25) is 0 Å². The summed E-state index contributed by atoms with van der Waals surface area (Å²) < 4.78 is 0. The molecular weight excluding hydrogens is 368 g/mol. The van der Waals surface area contributed by atoms with Gasteiger partial charge in [-0.15, -0.1) is 0 Å². The van der Waals surface area contributed by atoms with Crippen LogP contribution in [0, 0.1) is 0 Å². The van der Waals surface area contributed by atoms with Crippen LogP contribution < -0.4 is 5.32 Å². The number of rotatable bonds is 4. The van der Waals surface area contributed by atoms with Gasteiger partial charge in [-0.1, -0.05) is 25.1 Å². The number of hydrogen-bond donors (Lipinski definition) is 1. The standard InChI is InChI=1S/C22H30N4O3/c1-2-12-24-15-10-22(11-16-24)20(28)26(21(29)23-22)18-8-13-25(14-9-18)19(27)17-6-4-3-5-7-17/h3-7,18H,2,8-16H2,1H3,(H,23,29). The molecule has 0 aliphatic carbocycles. The molecule has 3 aliphatic rings. The third-order valence-electron chi connectivity index (χ3n) is 6.58. The third kappa shape index (κ3) is 3.75. The summed E-state index contributed by atoms with van der Waals surface area (Å²) in [5.41, 5.74) is -0.0445. The Balaban J connectivity index is 1.37. The van der Waals surface area contributed by atoms with E-state index < -0.39 is 5.54 Å². The van der Waals surface area contributed by atoms with Gasteiger partial charge in [0.05, 0.1) is 0 Å². The Kier molecular flexibility index (Phi) is 5.58. The summed E-state index contributed by atoms with van der Waals surface area (Å²) in [5, 5.41) is 3.02. The Morgan fingerprint density at radius 2 is 1.72 bits per heavy atom. The van der Waals surface area contributed by atoms with Crippen LogP contribution in [0.1, 0.15) is 49.4 Å². The van der Waals surface area contributed by atoms with Crippen molar-refractivity contribution in [2.45, 2.75) is 50.6 Å². The van der Waals surface area contributed by atoms with E-state index in [-0.39, 0.29) is 23.9 Å². The summed E-state index contributed by atoms with van der Waals surface area (Å²) in [4.78, 5) is 44.2. The van der Waals surface area contributed by atoms with Crippen LogP contribution in [0.25, 0.3) is 0 Å². The third-order valence-corrected chi connectivity index (χ3v) is 6.58. The van der Waals surface area contributed by atoms with E-state index in [0.717, 1.165) is 26.1 Å². The van der Waals surface area contributed by atoms with Crippen LogP contribution in [0.5, 0.6) is 0 Å². The van der Waals surface area contributed by atoms with Crippen molar-refractivity contribution < 1.29 is 14.4 Å². The summed E-state index contributed by atoms with van der Waals surface area (Å²) in [6, 6.07) is 8.86. The molecule has 0 bridgehead atoms. The van der Waals surface area contributed by atoms with E-state index in [1.54, 1.807) is 0 Å². The fourth-order valence-corrected chi connectivity index (χ4v) is 4.88. The van der Waals surface area contributed by atoms with Gasteiger partial charge in [0.15, 0.2) is 0 Å². The van der Waals surface area contributed by atoms with Gasteiger partial charge in [0.1, 0.15) is 5.54 Å². The molecule has 0 aromatic heterocycles. The van der Waals surface area contributed by atoms with Crippen molar-refractivity contribution in [3.05, 3.63) is 35.9 Å². The molecular formula is C22H30N4O3. The Morgan fingerprint density at radius 1 is 1.07 bits per heavy atom. The number of carbonyl (C=O) groups excluding carboxylic acids is 3. The van der Waals surface area contributed by atoms with E-state index in [0.29, 0.717) is 44.3 Å². The van der Waals surface area contributed by atoms with Crippen LogP contribution >= 0.6 is 0 Å². The lowest BCUT2D eigenvalue weighted by atomic mass is 9.87. The molecule has 3 saturated heterocycles. The second kappa shape index (κ2) is 8.14. The number of nitrogens with zero attached hydrogens (tertiary/aromatic N) is 3. The quantitative estimate of drug-likeness (QED) is 0.789. The zero-order valence-corrected chi connectivity index (χ0v) is 17.1. The number of carbonyl (C=O) groups is 3. The molecule has 7 nitrogen and oxygen atoms in total. The van der Waals surface area contributed by atoms with Gasteiger partial charge >= 0.3 is 6.03 Å². The smallest absolute Gasteiger partial charge is 0.325 e. The molecule has 3 heterocycles. The molecule has 0 saturated carbocycles. The van der Waals surface area contributed by atoms with Crippen molar-refractivity contribution in [3.8, 4) is 0 Å². The minimum atomic E-state index is -0.724. The monoisotopic (exact) mass is 398 g/mol. The van der Waals surface area contributed by atoms with Gasteiger partial charge < -0.3 is 15.1 Å². The maximum Gasteiger partial charge on any atom is 0.325 e. The molecule has 0 unspecified atom stereocenters. The molecule has 1 spiro atoms. The average molecular weight is 399 g/mol. The first kappa shape index (κ1) is 19.9. The highest BCUT2D eigenvalue weighted by molar-refractivity contribution is 6.07. The highest BCUT2D eigenvalue weighted by Gasteiger charge is 2.54. The van der Waals surface area contributed by atoms with E-state index in [4.69, 9.17) is 0 Å². The lowest BCUT2D eigenvalue weighted by Gasteiger charge is -2.38. The largest absolute Gasteiger partial charge is 0.338 e. The molecule has 3 aliphatic heterocycles. The van der Waals surface area contributed by atoms with Gasteiger partial charge in [0.25, 0.3) is 11.8 Å². The summed E-state index contributed by atoms with van der Waals surface area (Å²) in [7, 11) is 0. The second-order valence-electron chi connectivity index (χ2n) is 8.42. The number of hydrogen-bond acceptors (Lipinski definition) is 4. The number of benzene rings is 1. The first-order valence-corrected chi connectivity index (χ1v) is 10.8. The van der Waals surface area contributed by atoms with E-state index in [1.165, 1.54) is 4.90 Å². The summed E-state index contributed by atoms with van der Waals surface area (Å²) in [6.45, 7) is 6.01. The van der Waals surface area contributed by atoms with Crippen LogP contribution in [0.4, 0.5) is 4.79 Å². The average Bonchev–Trinajstić information content (AvgIpc) is 2.99. The molecule has 4 rings (SSSR count). The van der Waals surface area contributed by atoms with Crippen molar-refractivity contribution in [3.63, 3.8) is 0 Å². The number of likely N-dealkylation sites (tertiary alicyclic amines) is 2. The van der Waals surface area contributed by atoms with Gasteiger partial charge in [-0.2, -0.15) is 0 Å². The van der Waals surface area contributed by atoms with Crippen LogP contribution in [-0.2, 0) is 4.79 Å². The second-order valence-corrected chi connectivity index (χ2v) is 8.42. The molecule has 4 amide bonds. The lowest BCUT2D eigenvalue weighted by Crippen LogP contribution is -2.55. The van der Waals surface area contributed by atoms with Crippen LogP contribution in [-0.4, -0.2) is 76.8 Å². The predicted octanol–water partition coefficient (Wildman–Crippen LogP) is 2.09. The zero-order valence-electron chi connectivity index (χ0n) is 17.1. The minimum Gasteiger partial charge on any atom is -0.338 e. The number of piperidine rings is 2. The van der Waals surface area contributed by atoms with Crippen molar-refractivity contribution in [2.24, 2.45) is 0 Å². The Bertz CT molecular complexity index is 766. The van der Waals surface area contributed by atoms with E-state index in [2.05, 4.69) is 17.1 Å². The SMILES string of the molecule is CCCN1CCC2(CC1)NC(=O)N(C1CCN(C(=O)c3ccccc3)CC1)C2=O. The fourth-order valence-electron chi connectivity index (χ4n) is 4.88. The Labute approximate surface area is 172 Å². The fraction of sp³-hybridized carbons (Fsp3) is 0.591. The van der Waals surface area contributed by atoms with E-state index >= 15 is 0 Å². The summed E-state index contributed by atoms with van der Waals surface area (Å²) in [5.74, 6) is -0.0486. The predicted molar refractivity (Wildman–Crippen MR) is 109 cm³/mol. The highest BCUT2D eigenvalue weighted by Crippen LogP contribution is 2.32. The maximum absolute atomic E-state index is 13.2. The highest BCUT2D eigenvalue weighted by atomic mass is 16.2. The molecule has 29 heavy (non-hydrogen) atoms. The topological polar surface area (TPSA) is 73.0 Å². The number of nitrogens with one attached hydrogen (secondary N) is 1. The normalized spacial score (nSPS) is 22.9. The summed E-state index contributed by atoms with van der Waals surface area (Å²) in [6.07, 6.45) is 3.73.